The molecule has 0 spiro atoms. The lowest BCUT2D eigenvalue weighted by atomic mass is 9.53. The molecule has 0 atom stereocenters. The molecule has 0 aliphatic heterocycles. The van der Waals surface area contributed by atoms with Crippen LogP contribution in [0.1, 0.15) is 68.4 Å². The number of nitrogens with zero attached hydrogens (tertiary/aromatic N) is 2. The summed E-state index contributed by atoms with van der Waals surface area (Å²) in [6, 6.07) is -0.512. The first-order valence-corrected chi connectivity index (χ1v) is 11.5. The van der Waals surface area contributed by atoms with E-state index in [-0.39, 0.29) is 16.3 Å². The number of aryl methyl sites for hydroxylation is 1. The minimum Gasteiger partial charge on any atom is -0.452 e. The highest BCUT2D eigenvalue weighted by Crippen LogP contribution is 2.55. The molecule has 3 amide bonds. The van der Waals surface area contributed by atoms with Crippen LogP contribution >= 0.6 is 11.6 Å². The van der Waals surface area contributed by atoms with Crippen LogP contribution in [0.4, 0.5) is 4.79 Å². The van der Waals surface area contributed by atoms with Crippen molar-refractivity contribution >= 4 is 29.5 Å². The van der Waals surface area contributed by atoms with Gasteiger partial charge in [0.05, 0.1) is 5.69 Å². The molecule has 4 aliphatic rings. The molecular formula is C22H31ClN4O4. The number of amides is 3. The van der Waals surface area contributed by atoms with Gasteiger partial charge in [0, 0.05) is 12.1 Å². The molecule has 9 heteroatoms. The van der Waals surface area contributed by atoms with E-state index in [0.717, 1.165) is 19.3 Å². The number of urea groups is 1. The van der Waals surface area contributed by atoms with Crippen molar-refractivity contribution in [3.63, 3.8) is 0 Å². The number of hydrogen-bond acceptors (Lipinski definition) is 5. The quantitative estimate of drug-likeness (QED) is 0.646. The predicted octanol–water partition coefficient (Wildman–Crippen LogP) is 3.45. The average molecular weight is 451 g/mol. The molecule has 5 rings (SSSR count). The van der Waals surface area contributed by atoms with Gasteiger partial charge in [0.25, 0.3) is 5.91 Å². The topological polar surface area (TPSA) is 102 Å². The van der Waals surface area contributed by atoms with Crippen LogP contribution in [0, 0.1) is 30.6 Å². The molecule has 31 heavy (non-hydrogen) atoms. The summed E-state index contributed by atoms with van der Waals surface area (Å²) >= 11 is 6.28. The van der Waals surface area contributed by atoms with Gasteiger partial charge in [0.1, 0.15) is 10.7 Å². The van der Waals surface area contributed by atoms with E-state index < -0.39 is 24.5 Å². The molecule has 1 aromatic heterocycles. The predicted molar refractivity (Wildman–Crippen MR) is 115 cm³/mol. The van der Waals surface area contributed by atoms with Crippen molar-refractivity contribution in [2.75, 3.05) is 6.61 Å². The SMILES string of the molecule is Cc1nn(CC(C)C)c(Cl)c1C(=O)OCC(=O)NC(=O)NC12CC3CC(CC(C3)C1)C2. The molecule has 170 valence electrons. The number of aromatic nitrogens is 2. The van der Waals surface area contributed by atoms with Gasteiger partial charge in [-0.25, -0.2) is 9.59 Å². The first-order chi connectivity index (χ1) is 14.6. The zero-order valence-electron chi connectivity index (χ0n) is 18.4. The third kappa shape index (κ3) is 4.73. The largest absolute Gasteiger partial charge is 0.452 e. The van der Waals surface area contributed by atoms with Crippen molar-refractivity contribution in [1.82, 2.24) is 20.4 Å². The van der Waals surface area contributed by atoms with Crippen LogP contribution in [-0.4, -0.2) is 39.8 Å². The van der Waals surface area contributed by atoms with Gasteiger partial charge in [-0.15, -0.1) is 0 Å². The normalized spacial score (nSPS) is 28.6. The van der Waals surface area contributed by atoms with Gasteiger partial charge in [0.2, 0.25) is 0 Å². The average Bonchev–Trinajstić information content (AvgIpc) is 2.90. The molecule has 1 aromatic rings. The van der Waals surface area contributed by atoms with Crippen LogP contribution in [-0.2, 0) is 16.1 Å². The zero-order valence-corrected chi connectivity index (χ0v) is 19.1. The molecule has 0 aromatic carbocycles. The van der Waals surface area contributed by atoms with Crippen LogP contribution in [0.3, 0.4) is 0 Å². The lowest BCUT2D eigenvalue weighted by Gasteiger charge is -2.56. The summed E-state index contributed by atoms with van der Waals surface area (Å²) < 4.78 is 6.65. The second kappa shape index (κ2) is 8.45. The van der Waals surface area contributed by atoms with E-state index in [9.17, 15) is 14.4 Å². The monoisotopic (exact) mass is 450 g/mol. The molecule has 4 saturated carbocycles. The fourth-order valence-electron chi connectivity index (χ4n) is 6.15. The number of rotatable bonds is 6. The van der Waals surface area contributed by atoms with Crippen LogP contribution < -0.4 is 10.6 Å². The van der Waals surface area contributed by atoms with E-state index in [1.54, 1.807) is 11.6 Å². The van der Waals surface area contributed by atoms with E-state index in [0.29, 0.717) is 35.9 Å². The van der Waals surface area contributed by atoms with E-state index in [2.05, 4.69) is 15.7 Å². The summed E-state index contributed by atoms with van der Waals surface area (Å²) in [5.74, 6) is 0.973. The number of halogens is 1. The Kier molecular flexibility index (Phi) is 6.03. The van der Waals surface area contributed by atoms with Crippen molar-refractivity contribution in [1.29, 1.82) is 0 Å². The van der Waals surface area contributed by atoms with E-state index in [1.165, 1.54) is 19.3 Å². The van der Waals surface area contributed by atoms with Crippen LogP contribution in [0.15, 0.2) is 0 Å². The van der Waals surface area contributed by atoms with Crippen molar-refractivity contribution in [3.8, 4) is 0 Å². The molecule has 0 saturated heterocycles. The maximum atomic E-state index is 12.4. The second-order valence-corrected chi connectivity index (χ2v) is 10.5. The maximum Gasteiger partial charge on any atom is 0.343 e. The highest BCUT2D eigenvalue weighted by molar-refractivity contribution is 6.32. The summed E-state index contributed by atoms with van der Waals surface area (Å²) in [5, 5.41) is 9.83. The molecule has 8 nitrogen and oxygen atoms in total. The maximum absolute atomic E-state index is 12.4. The summed E-state index contributed by atoms with van der Waals surface area (Å²) in [4.78, 5) is 37.1. The molecule has 1 heterocycles. The first-order valence-electron chi connectivity index (χ1n) is 11.2. The highest BCUT2D eigenvalue weighted by Gasteiger charge is 2.51. The number of carbonyl (C=O) groups is 3. The number of imide groups is 1. The van der Waals surface area contributed by atoms with Crippen LogP contribution in [0.2, 0.25) is 5.15 Å². The first kappa shape index (κ1) is 22.1. The number of carbonyl (C=O) groups excluding carboxylic acids is 3. The van der Waals surface area contributed by atoms with Crippen molar-refractivity contribution in [2.24, 2.45) is 23.7 Å². The molecule has 4 aliphatic carbocycles. The number of nitrogens with one attached hydrogen (secondary N) is 2. The van der Waals surface area contributed by atoms with Gasteiger partial charge in [-0.05, 0) is 69.1 Å². The lowest BCUT2D eigenvalue weighted by Crippen LogP contribution is -2.62. The van der Waals surface area contributed by atoms with Gasteiger partial charge in [-0.2, -0.15) is 5.10 Å². The molecule has 4 fully saturated rings. The van der Waals surface area contributed by atoms with Gasteiger partial charge in [-0.3, -0.25) is 14.8 Å². The number of hydrogen-bond donors (Lipinski definition) is 2. The standard InChI is InChI=1S/C22H31ClN4O4/c1-12(2)10-27-19(23)18(13(3)26-27)20(29)31-11-17(28)24-21(30)25-22-7-14-4-15(8-22)6-16(5-14)9-22/h12,14-16H,4-11H2,1-3H3,(H2,24,25,28,30). The zero-order chi connectivity index (χ0) is 22.3. The Bertz CT molecular complexity index is 859. The van der Waals surface area contributed by atoms with Crippen LogP contribution in [0.25, 0.3) is 0 Å². The fraction of sp³-hybridized carbons (Fsp3) is 0.727. The minimum absolute atomic E-state index is 0.146. The Balaban J connectivity index is 1.28. The molecular weight excluding hydrogens is 420 g/mol. The summed E-state index contributed by atoms with van der Waals surface area (Å²) in [7, 11) is 0. The lowest BCUT2D eigenvalue weighted by molar-refractivity contribution is -0.123. The van der Waals surface area contributed by atoms with Gasteiger partial charge < -0.3 is 10.1 Å². The van der Waals surface area contributed by atoms with E-state index in [1.807, 2.05) is 13.8 Å². The molecule has 0 radical (unpaired) electrons. The Labute approximate surface area is 187 Å². The third-order valence-corrected chi connectivity index (χ3v) is 7.20. The number of esters is 1. The Morgan fingerprint density at radius 1 is 1.16 bits per heavy atom. The summed E-state index contributed by atoms with van der Waals surface area (Å²) in [6.07, 6.45) is 6.79. The minimum atomic E-state index is -0.728. The molecule has 4 bridgehead atoms. The summed E-state index contributed by atoms with van der Waals surface area (Å²) in [6.45, 7) is 5.71. The van der Waals surface area contributed by atoms with Gasteiger partial charge >= 0.3 is 12.0 Å². The van der Waals surface area contributed by atoms with Gasteiger partial charge in [0.15, 0.2) is 6.61 Å². The Morgan fingerprint density at radius 2 is 1.74 bits per heavy atom. The summed E-state index contributed by atoms with van der Waals surface area (Å²) in [5.41, 5.74) is 0.398. The van der Waals surface area contributed by atoms with E-state index >= 15 is 0 Å². The van der Waals surface area contributed by atoms with Gasteiger partial charge in [-0.1, -0.05) is 25.4 Å². The molecule has 0 unspecified atom stereocenters. The van der Waals surface area contributed by atoms with Crippen LogP contribution in [0.5, 0.6) is 0 Å². The third-order valence-electron chi connectivity index (χ3n) is 6.81. The Hall–Kier alpha value is -2.09. The molecule has 2 N–H and O–H groups in total. The smallest absolute Gasteiger partial charge is 0.343 e. The highest BCUT2D eigenvalue weighted by atomic mass is 35.5. The van der Waals surface area contributed by atoms with E-state index in [4.69, 9.17) is 16.3 Å². The number of ether oxygens (including phenoxy) is 1. The second-order valence-electron chi connectivity index (χ2n) is 10.1. The van der Waals surface area contributed by atoms with Crippen molar-refractivity contribution < 1.29 is 19.1 Å². The van der Waals surface area contributed by atoms with Crippen molar-refractivity contribution in [3.05, 3.63) is 16.4 Å². The fourth-order valence-corrected chi connectivity index (χ4v) is 6.47. The van der Waals surface area contributed by atoms with Crippen molar-refractivity contribution in [2.45, 2.75) is 71.4 Å². The Morgan fingerprint density at radius 3 is 2.29 bits per heavy atom.